The highest BCUT2D eigenvalue weighted by Crippen LogP contribution is 2.40. The quantitative estimate of drug-likeness (QED) is 0.867. The maximum absolute atomic E-state index is 13.7. The molecule has 0 spiro atoms. The van der Waals surface area contributed by atoms with Gasteiger partial charge in [-0.25, -0.2) is 9.18 Å². The minimum absolute atomic E-state index is 0.100. The summed E-state index contributed by atoms with van der Waals surface area (Å²) in [4.78, 5) is 23.8. The number of hydrogen-bond donors (Lipinski definition) is 2. The fraction of sp³-hybridized carbons (Fsp3) is 0.368. The highest BCUT2D eigenvalue weighted by Gasteiger charge is 2.41. The first-order chi connectivity index (χ1) is 12.0. The third-order valence-corrected chi connectivity index (χ3v) is 4.81. The van der Waals surface area contributed by atoms with Crippen LogP contribution in [0.1, 0.15) is 54.0 Å². The molecule has 1 aromatic heterocycles. The molecule has 6 heteroatoms. The van der Waals surface area contributed by atoms with Crippen LogP contribution >= 0.6 is 0 Å². The Balaban J connectivity index is 1.78. The Morgan fingerprint density at radius 2 is 1.92 bits per heavy atom. The van der Waals surface area contributed by atoms with Gasteiger partial charge >= 0.3 is 5.97 Å². The maximum atomic E-state index is 13.7. The van der Waals surface area contributed by atoms with Crippen LogP contribution in [0.4, 0.5) is 4.39 Å². The highest BCUT2D eigenvalue weighted by atomic mass is 19.1. The van der Waals surface area contributed by atoms with Crippen molar-refractivity contribution in [2.24, 2.45) is 0 Å². The number of rotatable bonds is 5. The second-order valence-electron chi connectivity index (χ2n) is 6.41. The molecule has 0 saturated heterocycles. The van der Waals surface area contributed by atoms with Crippen LogP contribution in [-0.2, 0) is 16.8 Å². The number of halogens is 1. The highest BCUT2D eigenvalue weighted by molar-refractivity contribution is 5.88. The van der Waals surface area contributed by atoms with Crippen LogP contribution in [0.5, 0.6) is 0 Å². The number of carbonyl (C=O) groups excluding carboxylic acids is 1. The Bertz CT molecular complexity index is 777. The second kappa shape index (κ2) is 7.09. The molecule has 5 nitrogen and oxygen atoms in total. The number of carbonyl (C=O) groups is 2. The van der Waals surface area contributed by atoms with Crippen LogP contribution in [0.3, 0.4) is 0 Å². The molecule has 0 unspecified atom stereocenters. The zero-order chi connectivity index (χ0) is 17.9. The number of furan rings is 1. The number of nitrogens with one attached hydrogen (secondary N) is 1. The molecule has 2 N–H and O–H groups in total. The fourth-order valence-corrected chi connectivity index (χ4v) is 3.51. The van der Waals surface area contributed by atoms with Crippen LogP contribution < -0.4 is 5.32 Å². The van der Waals surface area contributed by atoms with Crippen LogP contribution in [-0.4, -0.2) is 17.0 Å². The molecular formula is C19H20FNO4. The van der Waals surface area contributed by atoms with Crippen molar-refractivity contribution in [1.82, 2.24) is 5.32 Å². The van der Waals surface area contributed by atoms with Gasteiger partial charge in [0.2, 0.25) is 11.7 Å². The molecule has 25 heavy (non-hydrogen) atoms. The molecule has 0 radical (unpaired) electrons. The number of hydrogen-bond acceptors (Lipinski definition) is 3. The van der Waals surface area contributed by atoms with Gasteiger partial charge in [0, 0.05) is 0 Å². The fourth-order valence-electron chi connectivity index (χ4n) is 3.51. The third kappa shape index (κ3) is 3.57. The van der Waals surface area contributed by atoms with Crippen molar-refractivity contribution in [2.75, 3.05) is 0 Å². The zero-order valence-corrected chi connectivity index (χ0v) is 13.8. The van der Waals surface area contributed by atoms with E-state index < -0.39 is 11.4 Å². The normalized spacial score (nSPS) is 16.4. The lowest BCUT2D eigenvalue weighted by atomic mass is 9.68. The minimum Gasteiger partial charge on any atom is -0.475 e. The standard InChI is InChI=1S/C19H20FNO4/c20-14-6-4-5-13(11-14)19(9-2-1-3-10-19)18(24)21-12-15-7-8-16(25-15)17(22)23/h4-8,11H,1-3,9-10,12H2,(H,21,24)(H,22,23). The van der Waals surface area contributed by atoms with Crippen molar-refractivity contribution in [3.8, 4) is 0 Å². The van der Waals surface area contributed by atoms with Crippen molar-refractivity contribution in [3.63, 3.8) is 0 Å². The van der Waals surface area contributed by atoms with Gasteiger partial charge in [0.05, 0.1) is 12.0 Å². The van der Waals surface area contributed by atoms with Gasteiger partial charge < -0.3 is 14.8 Å². The van der Waals surface area contributed by atoms with Crippen molar-refractivity contribution in [1.29, 1.82) is 0 Å². The first-order valence-electron chi connectivity index (χ1n) is 8.38. The second-order valence-corrected chi connectivity index (χ2v) is 6.41. The zero-order valence-electron chi connectivity index (χ0n) is 13.8. The molecular weight excluding hydrogens is 325 g/mol. The summed E-state index contributed by atoms with van der Waals surface area (Å²) in [6.07, 6.45) is 4.22. The topological polar surface area (TPSA) is 79.5 Å². The smallest absolute Gasteiger partial charge is 0.371 e. The van der Waals surface area contributed by atoms with Crippen molar-refractivity contribution in [2.45, 2.75) is 44.1 Å². The Hall–Kier alpha value is -2.63. The van der Waals surface area contributed by atoms with Crippen molar-refractivity contribution < 1.29 is 23.5 Å². The van der Waals surface area contributed by atoms with E-state index in [9.17, 15) is 14.0 Å². The SMILES string of the molecule is O=C(O)c1ccc(CNC(=O)C2(c3cccc(F)c3)CCCCC2)o1. The largest absolute Gasteiger partial charge is 0.475 e. The average molecular weight is 345 g/mol. The first kappa shape index (κ1) is 17.2. The van der Waals surface area contributed by atoms with Crippen LogP contribution in [0, 0.1) is 5.82 Å². The lowest BCUT2D eigenvalue weighted by molar-refractivity contribution is -0.128. The molecule has 132 valence electrons. The third-order valence-electron chi connectivity index (χ3n) is 4.81. The van der Waals surface area contributed by atoms with Gasteiger partial charge in [0.15, 0.2) is 0 Å². The van der Waals surface area contributed by atoms with E-state index in [0.29, 0.717) is 24.2 Å². The van der Waals surface area contributed by atoms with E-state index in [-0.39, 0.29) is 24.0 Å². The molecule has 1 saturated carbocycles. The van der Waals surface area contributed by atoms with E-state index in [2.05, 4.69) is 5.32 Å². The number of carboxylic acid groups (broad SMARTS) is 1. The monoisotopic (exact) mass is 345 g/mol. The molecule has 2 aromatic rings. The Labute approximate surface area is 144 Å². The molecule has 1 aliphatic carbocycles. The summed E-state index contributed by atoms with van der Waals surface area (Å²) in [5.74, 6) is -1.47. The van der Waals surface area contributed by atoms with E-state index in [1.807, 2.05) is 0 Å². The molecule has 1 amide bonds. The van der Waals surface area contributed by atoms with Gasteiger partial charge in [-0.15, -0.1) is 0 Å². The van der Waals surface area contributed by atoms with E-state index in [1.54, 1.807) is 12.1 Å². The summed E-state index contributed by atoms with van der Waals surface area (Å²) < 4.78 is 18.8. The predicted molar refractivity (Wildman–Crippen MR) is 88.7 cm³/mol. The number of aromatic carboxylic acids is 1. The van der Waals surface area contributed by atoms with Crippen LogP contribution in [0.15, 0.2) is 40.8 Å². The van der Waals surface area contributed by atoms with Gasteiger partial charge in [-0.05, 0) is 42.7 Å². The summed E-state index contributed by atoms with van der Waals surface area (Å²) in [6, 6.07) is 9.10. The Morgan fingerprint density at radius 3 is 2.56 bits per heavy atom. The van der Waals surface area contributed by atoms with Crippen molar-refractivity contribution in [3.05, 3.63) is 59.3 Å². The molecule has 1 aromatic carbocycles. The van der Waals surface area contributed by atoms with E-state index in [4.69, 9.17) is 9.52 Å². The van der Waals surface area contributed by atoms with Gasteiger partial charge in [0.1, 0.15) is 11.6 Å². The Kier molecular flexibility index (Phi) is 4.88. The molecule has 1 fully saturated rings. The van der Waals surface area contributed by atoms with Gasteiger partial charge in [0.25, 0.3) is 0 Å². The molecule has 0 bridgehead atoms. The number of benzene rings is 1. The van der Waals surface area contributed by atoms with Gasteiger partial charge in [-0.1, -0.05) is 31.4 Å². The molecule has 0 aliphatic heterocycles. The lowest BCUT2D eigenvalue weighted by Crippen LogP contribution is -2.45. The molecule has 1 heterocycles. The van der Waals surface area contributed by atoms with Crippen molar-refractivity contribution >= 4 is 11.9 Å². The Morgan fingerprint density at radius 1 is 1.16 bits per heavy atom. The lowest BCUT2D eigenvalue weighted by Gasteiger charge is -2.36. The van der Waals surface area contributed by atoms with Gasteiger partial charge in [-0.3, -0.25) is 4.79 Å². The van der Waals surface area contributed by atoms with Gasteiger partial charge in [-0.2, -0.15) is 0 Å². The van der Waals surface area contributed by atoms with Crippen LogP contribution in [0.2, 0.25) is 0 Å². The molecule has 1 aliphatic rings. The summed E-state index contributed by atoms with van der Waals surface area (Å²) in [5, 5.41) is 11.7. The van der Waals surface area contributed by atoms with E-state index in [1.165, 1.54) is 24.3 Å². The number of carboxylic acids is 1. The molecule has 3 rings (SSSR count). The van der Waals surface area contributed by atoms with E-state index in [0.717, 1.165) is 19.3 Å². The predicted octanol–water partition coefficient (Wildman–Crippen LogP) is 3.64. The minimum atomic E-state index is -1.15. The van der Waals surface area contributed by atoms with E-state index >= 15 is 0 Å². The first-order valence-corrected chi connectivity index (χ1v) is 8.38. The summed E-state index contributed by atoms with van der Waals surface area (Å²) >= 11 is 0. The maximum Gasteiger partial charge on any atom is 0.371 e. The summed E-state index contributed by atoms with van der Waals surface area (Å²) in [7, 11) is 0. The summed E-state index contributed by atoms with van der Waals surface area (Å²) in [5.41, 5.74) is -0.0573. The summed E-state index contributed by atoms with van der Waals surface area (Å²) in [6.45, 7) is 0.100. The average Bonchev–Trinajstić information content (AvgIpc) is 3.09. The molecule has 0 atom stereocenters. The van der Waals surface area contributed by atoms with Crippen LogP contribution in [0.25, 0.3) is 0 Å². The number of amides is 1.